The number of nitrogens with one attached hydrogen (secondary N) is 1. The average Bonchev–Trinajstić information content (AvgIpc) is 2.98. The van der Waals surface area contributed by atoms with Gasteiger partial charge in [0.15, 0.2) is 0 Å². The number of carboxylic acids is 1. The maximum atomic E-state index is 12.4. The van der Waals surface area contributed by atoms with E-state index in [9.17, 15) is 13.8 Å². The van der Waals surface area contributed by atoms with Crippen molar-refractivity contribution in [3.63, 3.8) is 0 Å². The maximum Gasteiger partial charge on any atom is 0.371 e. The van der Waals surface area contributed by atoms with Crippen LogP contribution in [-0.4, -0.2) is 26.4 Å². The largest absolute Gasteiger partial charge is 0.475 e. The second-order valence-corrected chi connectivity index (χ2v) is 7.76. The number of hydrogen-bond donors (Lipinski definition) is 2. The molecule has 2 N–H and O–H groups in total. The fourth-order valence-corrected chi connectivity index (χ4v) is 3.54. The zero-order valence-corrected chi connectivity index (χ0v) is 15.4. The van der Waals surface area contributed by atoms with Crippen molar-refractivity contribution in [1.82, 2.24) is 0 Å². The van der Waals surface area contributed by atoms with Crippen LogP contribution >= 0.6 is 0 Å². The fraction of sp³-hybridized carbons (Fsp3) is 0.333. The van der Waals surface area contributed by atoms with Crippen LogP contribution in [0, 0.1) is 20.8 Å². The van der Waals surface area contributed by atoms with Crippen LogP contribution in [0.15, 0.2) is 28.7 Å². The lowest BCUT2D eigenvalue weighted by Gasteiger charge is -2.16. The van der Waals surface area contributed by atoms with Crippen LogP contribution < -0.4 is 5.32 Å². The van der Waals surface area contributed by atoms with Crippen molar-refractivity contribution in [2.75, 3.05) is 5.32 Å². The highest BCUT2D eigenvalue weighted by atomic mass is 32.2. The van der Waals surface area contributed by atoms with Crippen LogP contribution in [-0.2, 0) is 21.3 Å². The Morgan fingerprint density at radius 1 is 1.20 bits per heavy atom. The SMILES string of the molecule is Cc1cc(C)c(NC(=O)C(C)S(=O)Cc2ccc(C(=O)O)o2)c(C)c1. The molecule has 0 spiro atoms. The molecule has 2 rings (SSSR count). The predicted octanol–water partition coefficient (Wildman–Crippen LogP) is 3.18. The van der Waals surface area contributed by atoms with Crippen LogP contribution in [0.4, 0.5) is 5.69 Å². The van der Waals surface area contributed by atoms with Crippen molar-refractivity contribution in [2.24, 2.45) is 0 Å². The standard InChI is InChI=1S/C18H21NO5S/c1-10-7-11(2)16(12(3)8-10)19-17(20)13(4)25(23)9-14-5-6-15(24-14)18(21)22/h5-8,13H,9H2,1-4H3,(H,19,20)(H,21,22). The van der Waals surface area contributed by atoms with Crippen LogP contribution in [0.1, 0.15) is 39.9 Å². The molecule has 0 fully saturated rings. The van der Waals surface area contributed by atoms with Crippen molar-refractivity contribution in [1.29, 1.82) is 0 Å². The summed E-state index contributed by atoms with van der Waals surface area (Å²) in [6.07, 6.45) is 0. The number of furan rings is 1. The molecule has 1 amide bonds. The summed E-state index contributed by atoms with van der Waals surface area (Å²) in [5.74, 6) is -1.49. The number of anilines is 1. The maximum absolute atomic E-state index is 12.4. The summed E-state index contributed by atoms with van der Waals surface area (Å²) in [6, 6.07) is 6.71. The van der Waals surface area contributed by atoms with Gasteiger partial charge < -0.3 is 14.8 Å². The summed E-state index contributed by atoms with van der Waals surface area (Å²) in [5.41, 5.74) is 3.73. The van der Waals surface area contributed by atoms with Crippen LogP contribution in [0.2, 0.25) is 0 Å². The number of rotatable bonds is 6. The lowest BCUT2D eigenvalue weighted by atomic mass is 10.1. The lowest BCUT2D eigenvalue weighted by Crippen LogP contribution is -2.30. The number of carbonyl (C=O) groups excluding carboxylic acids is 1. The van der Waals surface area contributed by atoms with Crippen LogP contribution in [0.5, 0.6) is 0 Å². The van der Waals surface area contributed by atoms with Crippen molar-refractivity contribution in [3.05, 3.63) is 52.5 Å². The molecule has 6 nitrogen and oxygen atoms in total. The molecule has 2 atom stereocenters. The Kier molecular flexibility index (Phi) is 5.79. The van der Waals surface area contributed by atoms with Gasteiger partial charge in [-0.05, 0) is 51.0 Å². The summed E-state index contributed by atoms with van der Waals surface area (Å²) in [6.45, 7) is 7.38. The minimum Gasteiger partial charge on any atom is -0.475 e. The molecule has 25 heavy (non-hydrogen) atoms. The van der Waals surface area contributed by atoms with Gasteiger partial charge in [0.1, 0.15) is 11.0 Å². The molecule has 0 saturated carbocycles. The van der Waals surface area contributed by atoms with E-state index in [0.717, 1.165) is 22.4 Å². The lowest BCUT2D eigenvalue weighted by molar-refractivity contribution is -0.115. The van der Waals surface area contributed by atoms with Gasteiger partial charge in [0, 0.05) is 16.5 Å². The minimum atomic E-state index is -1.54. The van der Waals surface area contributed by atoms with Crippen molar-refractivity contribution in [3.8, 4) is 0 Å². The molecule has 1 heterocycles. The molecular formula is C18H21NO5S. The number of carboxylic acid groups (broad SMARTS) is 1. The number of carbonyl (C=O) groups is 2. The average molecular weight is 363 g/mol. The highest BCUT2D eigenvalue weighted by molar-refractivity contribution is 7.85. The van der Waals surface area contributed by atoms with Gasteiger partial charge in [0.25, 0.3) is 0 Å². The van der Waals surface area contributed by atoms with E-state index < -0.39 is 22.0 Å². The zero-order valence-electron chi connectivity index (χ0n) is 14.6. The number of hydrogen-bond acceptors (Lipinski definition) is 4. The van der Waals surface area contributed by atoms with E-state index in [1.54, 1.807) is 6.92 Å². The van der Waals surface area contributed by atoms with E-state index in [4.69, 9.17) is 9.52 Å². The summed E-state index contributed by atoms with van der Waals surface area (Å²) >= 11 is 0. The molecule has 0 aliphatic carbocycles. The van der Waals surface area contributed by atoms with Crippen molar-refractivity contribution < 1.29 is 23.3 Å². The van der Waals surface area contributed by atoms with E-state index >= 15 is 0 Å². The summed E-state index contributed by atoms with van der Waals surface area (Å²) in [4.78, 5) is 23.2. The van der Waals surface area contributed by atoms with E-state index in [2.05, 4.69) is 5.32 Å². The third kappa shape index (κ3) is 4.57. The predicted molar refractivity (Wildman–Crippen MR) is 96.3 cm³/mol. The quantitative estimate of drug-likeness (QED) is 0.822. The molecule has 1 aromatic heterocycles. The molecule has 2 aromatic rings. The van der Waals surface area contributed by atoms with Gasteiger partial charge in [-0.2, -0.15) is 0 Å². The van der Waals surface area contributed by atoms with Gasteiger partial charge in [-0.3, -0.25) is 9.00 Å². The monoisotopic (exact) mass is 363 g/mol. The molecule has 0 bridgehead atoms. The molecule has 7 heteroatoms. The third-order valence-electron chi connectivity index (χ3n) is 3.85. The van der Waals surface area contributed by atoms with Gasteiger partial charge in [0.05, 0.1) is 5.75 Å². The molecule has 0 aliphatic heterocycles. The second-order valence-electron chi connectivity index (χ2n) is 6.00. The molecular weight excluding hydrogens is 342 g/mol. The highest BCUT2D eigenvalue weighted by Crippen LogP contribution is 2.22. The number of aromatic carboxylic acids is 1. The topological polar surface area (TPSA) is 96.6 Å². The Hall–Kier alpha value is -2.41. The van der Waals surface area contributed by atoms with Gasteiger partial charge >= 0.3 is 5.97 Å². The molecule has 2 unspecified atom stereocenters. The second kappa shape index (κ2) is 7.65. The minimum absolute atomic E-state index is 0.0201. The first-order chi connectivity index (χ1) is 11.7. The Morgan fingerprint density at radius 3 is 2.32 bits per heavy atom. The van der Waals surface area contributed by atoms with Gasteiger partial charge in [-0.15, -0.1) is 0 Å². The van der Waals surface area contributed by atoms with Crippen LogP contribution in [0.3, 0.4) is 0 Å². The van der Waals surface area contributed by atoms with E-state index in [1.807, 2.05) is 32.9 Å². The Bertz CT molecular complexity index is 817. The fourth-order valence-electron chi connectivity index (χ4n) is 2.56. The molecule has 134 valence electrons. The number of aryl methyl sites for hydroxylation is 3. The summed E-state index contributed by atoms with van der Waals surface area (Å²) < 4.78 is 17.5. The van der Waals surface area contributed by atoms with E-state index in [0.29, 0.717) is 0 Å². The van der Waals surface area contributed by atoms with Gasteiger partial charge in [-0.25, -0.2) is 4.79 Å². The Balaban J connectivity index is 2.06. The van der Waals surface area contributed by atoms with Gasteiger partial charge in [-0.1, -0.05) is 17.7 Å². The zero-order chi connectivity index (χ0) is 18.7. The Morgan fingerprint density at radius 2 is 1.80 bits per heavy atom. The normalized spacial score (nSPS) is 13.3. The first-order valence-electron chi connectivity index (χ1n) is 7.77. The van der Waals surface area contributed by atoms with Gasteiger partial charge in [0.2, 0.25) is 11.7 Å². The van der Waals surface area contributed by atoms with E-state index in [-0.39, 0.29) is 23.2 Å². The molecule has 0 radical (unpaired) electrons. The smallest absolute Gasteiger partial charge is 0.371 e. The summed E-state index contributed by atoms with van der Waals surface area (Å²) in [5, 5.41) is 10.9. The van der Waals surface area contributed by atoms with E-state index in [1.165, 1.54) is 12.1 Å². The van der Waals surface area contributed by atoms with Crippen molar-refractivity contribution >= 4 is 28.4 Å². The number of benzene rings is 1. The van der Waals surface area contributed by atoms with Crippen molar-refractivity contribution in [2.45, 2.75) is 38.7 Å². The molecule has 1 aromatic carbocycles. The molecule has 0 aliphatic rings. The first kappa shape index (κ1) is 18.9. The first-order valence-corrected chi connectivity index (χ1v) is 9.15. The van der Waals surface area contributed by atoms with Crippen LogP contribution in [0.25, 0.3) is 0 Å². The third-order valence-corrected chi connectivity index (χ3v) is 5.42. The number of amides is 1. The summed E-state index contributed by atoms with van der Waals surface area (Å²) in [7, 11) is -1.54. The molecule has 0 saturated heterocycles. The Labute approximate surface area is 148 Å². The highest BCUT2D eigenvalue weighted by Gasteiger charge is 2.23.